The van der Waals surface area contributed by atoms with Crippen LogP contribution in [0.1, 0.15) is 12.8 Å². The molecule has 0 unspecified atom stereocenters. The summed E-state index contributed by atoms with van der Waals surface area (Å²) in [6, 6.07) is 0. The Morgan fingerprint density at radius 1 is 1.60 bits per heavy atom. The van der Waals surface area contributed by atoms with E-state index in [1.165, 1.54) is 0 Å². The van der Waals surface area contributed by atoms with Gasteiger partial charge in [-0.15, -0.1) is 0 Å². The molecule has 2 atom stereocenters. The van der Waals surface area contributed by atoms with Gasteiger partial charge in [-0.1, -0.05) is 0 Å². The average Bonchev–Trinajstić information content (AvgIpc) is 1.88. The molecule has 1 aliphatic heterocycles. The zero-order chi connectivity index (χ0) is 7.56. The predicted octanol–water partition coefficient (Wildman–Crippen LogP) is -0.389. The molecular weight excluding hydrogens is 136 g/mol. The maximum Gasteiger partial charge on any atom is 0.332 e. The topological polar surface area (TPSA) is 66.8 Å². The van der Waals surface area contributed by atoms with Crippen molar-refractivity contribution in [2.45, 2.75) is 25.0 Å². The summed E-state index contributed by atoms with van der Waals surface area (Å²) in [7, 11) is 0. The van der Waals surface area contributed by atoms with Crippen molar-refractivity contribution in [3.63, 3.8) is 0 Å². The van der Waals surface area contributed by atoms with Gasteiger partial charge >= 0.3 is 5.97 Å². The van der Waals surface area contributed by atoms with Crippen LogP contribution in [0.15, 0.2) is 0 Å². The maximum absolute atomic E-state index is 10.3. The third-order valence-corrected chi connectivity index (χ3v) is 1.53. The van der Waals surface area contributed by atoms with Gasteiger partial charge < -0.3 is 14.9 Å². The fourth-order valence-corrected chi connectivity index (χ4v) is 0.951. The maximum atomic E-state index is 10.3. The number of aliphatic carboxylic acids is 1. The molecule has 1 saturated heterocycles. The Morgan fingerprint density at radius 2 is 2.30 bits per heavy atom. The van der Waals surface area contributed by atoms with Crippen molar-refractivity contribution in [1.29, 1.82) is 0 Å². The van der Waals surface area contributed by atoms with Gasteiger partial charge in [0.15, 0.2) is 6.10 Å². The van der Waals surface area contributed by atoms with Gasteiger partial charge in [-0.3, -0.25) is 0 Å². The standard InChI is InChI=1S/C6H10O4/c7-4-1-2-10-5(3-4)6(8)9/h4-5,7H,1-3H2,(H,8,9)/t4-,5+/m1/s1. The second-order valence-corrected chi connectivity index (χ2v) is 2.38. The van der Waals surface area contributed by atoms with Crippen molar-refractivity contribution >= 4 is 5.97 Å². The van der Waals surface area contributed by atoms with Crippen molar-refractivity contribution in [2.75, 3.05) is 6.61 Å². The van der Waals surface area contributed by atoms with E-state index in [1.807, 2.05) is 0 Å². The lowest BCUT2D eigenvalue weighted by Gasteiger charge is -2.22. The van der Waals surface area contributed by atoms with E-state index in [2.05, 4.69) is 0 Å². The van der Waals surface area contributed by atoms with Gasteiger partial charge in [0.25, 0.3) is 0 Å². The minimum Gasteiger partial charge on any atom is -0.479 e. The van der Waals surface area contributed by atoms with Gasteiger partial charge in [-0.2, -0.15) is 0 Å². The largest absolute Gasteiger partial charge is 0.479 e. The van der Waals surface area contributed by atoms with E-state index in [4.69, 9.17) is 14.9 Å². The average molecular weight is 146 g/mol. The van der Waals surface area contributed by atoms with Crippen molar-refractivity contribution in [1.82, 2.24) is 0 Å². The number of carbonyl (C=O) groups is 1. The van der Waals surface area contributed by atoms with Gasteiger partial charge in [0.1, 0.15) is 0 Å². The van der Waals surface area contributed by atoms with E-state index >= 15 is 0 Å². The van der Waals surface area contributed by atoms with Crippen LogP contribution in [0.3, 0.4) is 0 Å². The summed E-state index contributed by atoms with van der Waals surface area (Å²) in [5.74, 6) is -0.987. The van der Waals surface area contributed by atoms with Crippen molar-refractivity contribution in [2.24, 2.45) is 0 Å². The van der Waals surface area contributed by atoms with Gasteiger partial charge in [0, 0.05) is 6.42 Å². The molecule has 58 valence electrons. The number of aliphatic hydroxyl groups is 1. The molecule has 0 bridgehead atoms. The van der Waals surface area contributed by atoms with Crippen LogP contribution >= 0.6 is 0 Å². The second-order valence-electron chi connectivity index (χ2n) is 2.38. The minimum atomic E-state index is -0.987. The molecule has 2 N–H and O–H groups in total. The van der Waals surface area contributed by atoms with E-state index in [9.17, 15) is 4.79 Å². The molecule has 0 amide bonds. The van der Waals surface area contributed by atoms with Crippen LogP contribution in [0.4, 0.5) is 0 Å². The zero-order valence-electron chi connectivity index (χ0n) is 5.49. The number of ether oxygens (including phenoxy) is 1. The van der Waals surface area contributed by atoms with Crippen LogP contribution in [0.5, 0.6) is 0 Å². The Kier molecular flexibility index (Phi) is 2.24. The molecule has 4 heteroatoms. The summed E-state index contributed by atoms with van der Waals surface area (Å²) in [5.41, 5.74) is 0. The molecule has 1 rings (SSSR count). The minimum absolute atomic E-state index is 0.218. The summed E-state index contributed by atoms with van der Waals surface area (Å²) < 4.78 is 4.85. The molecule has 1 fully saturated rings. The monoisotopic (exact) mass is 146 g/mol. The van der Waals surface area contributed by atoms with Crippen LogP contribution < -0.4 is 0 Å². The van der Waals surface area contributed by atoms with Crippen molar-refractivity contribution in [3.8, 4) is 0 Å². The number of rotatable bonds is 1. The highest BCUT2D eigenvalue weighted by Crippen LogP contribution is 2.13. The molecule has 1 heterocycles. The fourth-order valence-electron chi connectivity index (χ4n) is 0.951. The quantitative estimate of drug-likeness (QED) is 0.528. The highest BCUT2D eigenvalue weighted by atomic mass is 16.5. The Hall–Kier alpha value is -0.610. The fraction of sp³-hybridized carbons (Fsp3) is 0.833. The number of hydrogen-bond acceptors (Lipinski definition) is 3. The van der Waals surface area contributed by atoms with Crippen molar-refractivity contribution < 1.29 is 19.7 Å². The van der Waals surface area contributed by atoms with E-state index in [1.54, 1.807) is 0 Å². The molecule has 0 aromatic heterocycles. The second kappa shape index (κ2) is 2.98. The van der Waals surface area contributed by atoms with E-state index in [0.29, 0.717) is 13.0 Å². The zero-order valence-corrected chi connectivity index (χ0v) is 5.49. The Bertz CT molecular complexity index is 134. The van der Waals surface area contributed by atoms with Gasteiger partial charge in [-0.25, -0.2) is 4.79 Å². The number of hydrogen-bond donors (Lipinski definition) is 2. The van der Waals surface area contributed by atoms with Gasteiger partial charge in [0.05, 0.1) is 12.7 Å². The normalized spacial score (nSPS) is 33.7. The lowest BCUT2D eigenvalue weighted by atomic mass is 10.1. The number of aliphatic hydroxyl groups excluding tert-OH is 1. The summed E-state index contributed by atoms with van der Waals surface area (Å²) in [6.07, 6.45) is -0.544. The predicted molar refractivity (Wildman–Crippen MR) is 32.6 cm³/mol. The molecule has 0 aliphatic carbocycles. The van der Waals surface area contributed by atoms with Crippen LogP contribution in [0.25, 0.3) is 0 Å². The molecule has 0 spiro atoms. The lowest BCUT2D eigenvalue weighted by Crippen LogP contribution is -2.34. The summed E-state index contributed by atoms with van der Waals surface area (Å²) in [4.78, 5) is 10.3. The van der Waals surface area contributed by atoms with Crippen molar-refractivity contribution in [3.05, 3.63) is 0 Å². The molecular formula is C6H10O4. The van der Waals surface area contributed by atoms with Crippen LogP contribution in [0, 0.1) is 0 Å². The van der Waals surface area contributed by atoms with Crippen LogP contribution in [0.2, 0.25) is 0 Å². The smallest absolute Gasteiger partial charge is 0.332 e. The number of carboxylic acids is 1. The molecule has 0 radical (unpaired) electrons. The third kappa shape index (κ3) is 1.68. The lowest BCUT2D eigenvalue weighted by molar-refractivity contribution is -0.157. The Labute approximate surface area is 58.4 Å². The first-order valence-corrected chi connectivity index (χ1v) is 3.22. The van der Waals surface area contributed by atoms with Crippen LogP contribution in [-0.4, -0.2) is 35.0 Å². The molecule has 0 saturated carbocycles. The Morgan fingerprint density at radius 3 is 2.70 bits per heavy atom. The summed E-state index contributed by atoms with van der Waals surface area (Å²) in [5, 5.41) is 17.4. The van der Waals surface area contributed by atoms with E-state index < -0.39 is 18.2 Å². The van der Waals surface area contributed by atoms with Crippen LogP contribution in [-0.2, 0) is 9.53 Å². The molecule has 0 aromatic carbocycles. The highest BCUT2D eigenvalue weighted by Gasteiger charge is 2.26. The van der Waals surface area contributed by atoms with E-state index in [-0.39, 0.29) is 6.42 Å². The SMILES string of the molecule is O=C(O)[C@@H]1C[C@H](O)CCO1. The third-order valence-electron chi connectivity index (χ3n) is 1.53. The molecule has 4 nitrogen and oxygen atoms in total. The summed E-state index contributed by atoms with van der Waals surface area (Å²) in [6.45, 7) is 0.345. The van der Waals surface area contributed by atoms with E-state index in [0.717, 1.165) is 0 Å². The summed E-state index contributed by atoms with van der Waals surface area (Å²) >= 11 is 0. The first kappa shape index (κ1) is 7.50. The first-order valence-electron chi connectivity index (χ1n) is 3.22. The molecule has 0 aromatic rings. The molecule has 10 heavy (non-hydrogen) atoms. The van der Waals surface area contributed by atoms with Gasteiger partial charge in [0.2, 0.25) is 0 Å². The Balaban J connectivity index is 2.39. The number of carboxylic acid groups (broad SMARTS) is 1. The highest BCUT2D eigenvalue weighted by molar-refractivity contribution is 5.72. The molecule has 1 aliphatic rings. The first-order chi connectivity index (χ1) is 4.70. The van der Waals surface area contributed by atoms with Gasteiger partial charge in [-0.05, 0) is 6.42 Å².